The summed E-state index contributed by atoms with van der Waals surface area (Å²) in [5.41, 5.74) is 0. The molecule has 1 fully saturated rings. The van der Waals surface area contributed by atoms with Crippen LogP contribution in [0.5, 0.6) is 0 Å². The van der Waals surface area contributed by atoms with Crippen LogP contribution < -0.4 is 0 Å². The normalized spacial score (nSPS) is 21.7. The van der Waals surface area contributed by atoms with E-state index in [0.29, 0.717) is 0 Å². The van der Waals surface area contributed by atoms with Crippen LogP contribution in [0, 0.1) is 4.91 Å². The summed E-state index contributed by atoms with van der Waals surface area (Å²) in [6.45, 7) is 3.95. The van der Waals surface area contributed by atoms with Gasteiger partial charge in [0.1, 0.15) is 6.61 Å². The van der Waals surface area contributed by atoms with E-state index in [1.807, 2.05) is 13.8 Å². The van der Waals surface area contributed by atoms with Crippen LogP contribution in [0.1, 0.15) is 13.8 Å². The summed E-state index contributed by atoms with van der Waals surface area (Å²) in [5, 5.41) is 8.82. The van der Waals surface area contributed by atoms with Crippen LogP contribution in [0.2, 0.25) is 0 Å². The summed E-state index contributed by atoms with van der Waals surface area (Å²) in [7, 11) is 0. The number of hydrogen-bond acceptors (Lipinski definition) is 6. The Labute approximate surface area is 92.1 Å². The molecule has 0 aromatic carbocycles. The molecule has 1 aliphatic heterocycles. The molecule has 0 aromatic heterocycles. The number of rotatable bonds is 5. The van der Waals surface area contributed by atoms with Crippen molar-refractivity contribution in [2.75, 3.05) is 19.8 Å². The number of nitrogens with zero attached hydrogens (tertiary/aromatic N) is 2. The van der Waals surface area contributed by atoms with Gasteiger partial charge in [-0.1, -0.05) is 0 Å². The number of ether oxygens (including phenoxy) is 1. The van der Waals surface area contributed by atoms with Gasteiger partial charge in [0, 0.05) is 23.1 Å². The van der Waals surface area contributed by atoms with E-state index in [9.17, 15) is 9.70 Å². The van der Waals surface area contributed by atoms with E-state index in [-0.39, 0.29) is 25.8 Å². The molecular formula is C8H14N2O4S. The van der Waals surface area contributed by atoms with E-state index in [2.05, 4.69) is 4.58 Å². The number of nitroso groups, excluding NO2 is 1. The van der Waals surface area contributed by atoms with Gasteiger partial charge in [-0.2, -0.15) is 0 Å². The largest absolute Gasteiger partial charge is 0.447 e. The molecule has 1 N–H and O–H groups in total. The van der Waals surface area contributed by atoms with Gasteiger partial charge in [0.05, 0.1) is 17.4 Å². The summed E-state index contributed by atoms with van der Waals surface area (Å²) in [4.78, 5) is 23.0. The monoisotopic (exact) mass is 234 g/mol. The minimum atomic E-state index is -0.511. The van der Waals surface area contributed by atoms with Crippen molar-refractivity contribution in [3.63, 3.8) is 0 Å². The van der Waals surface area contributed by atoms with E-state index in [4.69, 9.17) is 9.84 Å². The van der Waals surface area contributed by atoms with Crippen LogP contribution >= 0.6 is 11.9 Å². The third-order valence-corrected chi connectivity index (χ3v) is 3.21. The van der Waals surface area contributed by atoms with Gasteiger partial charge in [0.2, 0.25) is 0 Å². The first-order valence-electron chi connectivity index (χ1n) is 4.58. The molecule has 1 heterocycles. The highest BCUT2D eigenvalue weighted by atomic mass is 32.2. The van der Waals surface area contributed by atoms with Crippen LogP contribution in [0.25, 0.3) is 0 Å². The second-order valence-electron chi connectivity index (χ2n) is 3.78. The molecule has 0 aromatic rings. The lowest BCUT2D eigenvalue weighted by molar-refractivity contribution is 0.147. The number of amides is 1. The molecule has 0 saturated carbocycles. The third kappa shape index (κ3) is 2.60. The zero-order valence-electron chi connectivity index (χ0n) is 8.67. The Hall–Kier alpha value is -0.820. The zero-order valence-corrected chi connectivity index (χ0v) is 9.49. The van der Waals surface area contributed by atoms with Crippen molar-refractivity contribution < 1.29 is 14.6 Å². The first-order valence-corrected chi connectivity index (χ1v) is 5.35. The number of aliphatic hydroxyl groups is 1. The number of hydrogen-bond donors (Lipinski definition) is 1. The number of aliphatic hydroxyl groups excluding tert-OH is 1. The Bertz CT molecular complexity index is 259. The minimum absolute atomic E-state index is 0.124. The van der Waals surface area contributed by atoms with E-state index in [0.717, 1.165) is 11.9 Å². The fraction of sp³-hybridized carbons (Fsp3) is 0.875. The van der Waals surface area contributed by atoms with Gasteiger partial charge in [-0.3, -0.25) is 4.90 Å². The van der Waals surface area contributed by atoms with Crippen molar-refractivity contribution in [3.05, 3.63) is 4.91 Å². The van der Waals surface area contributed by atoms with Crippen LogP contribution in [0.15, 0.2) is 4.58 Å². The Morgan fingerprint density at radius 2 is 2.40 bits per heavy atom. The Balaban J connectivity index is 2.75. The van der Waals surface area contributed by atoms with Crippen molar-refractivity contribution >= 4 is 18.0 Å². The molecule has 0 spiro atoms. The molecule has 86 valence electrons. The highest BCUT2D eigenvalue weighted by Crippen LogP contribution is 2.34. The first kappa shape index (κ1) is 12.3. The van der Waals surface area contributed by atoms with Crippen molar-refractivity contribution in [2.45, 2.75) is 24.6 Å². The van der Waals surface area contributed by atoms with Crippen LogP contribution in [-0.2, 0) is 4.74 Å². The summed E-state index contributed by atoms with van der Waals surface area (Å²) in [6, 6.07) is -0.236. The van der Waals surface area contributed by atoms with Gasteiger partial charge in [0.15, 0.2) is 0 Å². The maximum Gasteiger partial charge on any atom is 0.410 e. The molecule has 0 aliphatic carbocycles. The standard InChI is InChI=1S/C8H14N2O4S/c1-8(2,15-9-13)6-5-14-7(12)10(6)3-4-11/h6,11H,3-5H2,1-2H3. The number of β-amino-alcohol motifs (C(OH)–C–C–N with tert-alkyl or cyclic N) is 1. The molecule has 1 unspecified atom stereocenters. The molecule has 15 heavy (non-hydrogen) atoms. The van der Waals surface area contributed by atoms with Gasteiger partial charge in [-0.25, -0.2) is 4.79 Å². The van der Waals surface area contributed by atoms with Gasteiger partial charge in [0.25, 0.3) is 0 Å². The smallest absolute Gasteiger partial charge is 0.410 e. The maximum atomic E-state index is 11.3. The van der Waals surface area contributed by atoms with Crippen molar-refractivity contribution in [3.8, 4) is 0 Å². The Morgan fingerprint density at radius 1 is 1.73 bits per heavy atom. The number of carbonyl (C=O) groups is 1. The van der Waals surface area contributed by atoms with Gasteiger partial charge in [-0.05, 0) is 13.8 Å². The van der Waals surface area contributed by atoms with E-state index in [1.165, 1.54) is 4.90 Å². The summed E-state index contributed by atoms with van der Waals surface area (Å²) < 4.78 is 7.15. The van der Waals surface area contributed by atoms with Crippen LogP contribution in [0.3, 0.4) is 0 Å². The minimum Gasteiger partial charge on any atom is -0.447 e. The molecule has 7 heteroatoms. The second kappa shape index (κ2) is 4.80. The lowest BCUT2D eigenvalue weighted by Crippen LogP contribution is -2.47. The van der Waals surface area contributed by atoms with E-state index >= 15 is 0 Å². The molecule has 6 nitrogen and oxygen atoms in total. The Kier molecular flexibility index (Phi) is 3.92. The second-order valence-corrected chi connectivity index (χ2v) is 5.16. The number of carbonyl (C=O) groups excluding carboxylic acids is 1. The summed E-state index contributed by atoms with van der Waals surface area (Å²) >= 11 is 0.876. The van der Waals surface area contributed by atoms with Gasteiger partial charge >= 0.3 is 6.09 Å². The highest BCUT2D eigenvalue weighted by molar-refractivity contribution is 7.99. The lowest BCUT2D eigenvalue weighted by atomic mass is 10.0. The van der Waals surface area contributed by atoms with Gasteiger partial charge in [-0.15, -0.1) is 4.91 Å². The first-order chi connectivity index (χ1) is 7.03. The molecule has 1 saturated heterocycles. The SMILES string of the molecule is CC(C)(SN=O)C1COC(=O)N1CCO. The Morgan fingerprint density at radius 3 is 2.93 bits per heavy atom. The van der Waals surface area contributed by atoms with E-state index < -0.39 is 10.8 Å². The van der Waals surface area contributed by atoms with Crippen molar-refractivity contribution in [1.29, 1.82) is 0 Å². The summed E-state index contributed by atoms with van der Waals surface area (Å²) in [6.07, 6.45) is -0.450. The molecular weight excluding hydrogens is 220 g/mol. The average molecular weight is 234 g/mol. The fourth-order valence-corrected chi connectivity index (χ4v) is 2.05. The average Bonchev–Trinajstić information content (AvgIpc) is 2.49. The lowest BCUT2D eigenvalue weighted by Gasteiger charge is -2.31. The topological polar surface area (TPSA) is 79.2 Å². The van der Waals surface area contributed by atoms with Crippen molar-refractivity contribution in [1.82, 2.24) is 4.90 Å². The quantitative estimate of drug-likeness (QED) is 0.567. The highest BCUT2D eigenvalue weighted by Gasteiger charge is 2.43. The summed E-state index contributed by atoms with van der Waals surface area (Å²) in [5.74, 6) is 0. The number of cyclic esters (lactones) is 1. The maximum absolute atomic E-state index is 11.3. The molecule has 1 rings (SSSR count). The zero-order chi connectivity index (χ0) is 11.5. The van der Waals surface area contributed by atoms with E-state index in [1.54, 1.807) is 0 Å². The van der Waals surface area contributed by atoms with Crippen molar-refractivity contribution in [2.24, 2.45) is 4.58 Å². The molecule has 1 aliphatic rings. The molecule has 1 amide bonds. The van der Waals surface area contributed by atoms with Crippen LogP contribution in [-0.4, -0.2) is 46.6 Å². The van der Waals surface area contributed by atoms with Crippen LogP contribution in [0.4, 0.5) is 4.79 Å². The third-order valence-electron chi connectivity index (χ3n) is 2.39. The predicted octanol–water partition coefficient (Wildman–Crippen LogP) is 0.993. The molecule has 0 bridgehead atoms. The molecule has 1 atom stereocenters. The molecule has 0 radical (unpaired) electrons. The predicted molar refractivity (Wildman–Crippen MR) is 56.4 cm³/mol. The van der Waals surface area contributed by atoms with Gasteiger partial charge < -0.3 is 9.84 Å². The fourth-order valence-electron chi connectivity index (χ4n) is 1.54.